The van der Waals surface area contributed by atoms with Crippen LogP contribution < -0.4 is 14.9 Å². The third-order valence-electron chi connectivity index (χ3n) is 5.17. The Hall–Kier alpha value is -3.41. The lowest BCUT2D eigenvalue weighted by molar-refractivity contribution is 0.369. The molecule has 0 amide bonds. The van der Waals surface area contributed by atoms with Gasteiger partial charge in [-0.15, -0.1) is 0 Å². The van der Waals surface area contributed by atoms with E-state index in [-0.39, 0.29) is 39.2 Å². The van der Waals surface area contributed by atoms with Crippen LogP contribution in [-0.4, -0.2) is 24.4 Å². The number of allylic oxidation sites excluding steroid dienone is 4. The summed E-state index contributed by atoms with van der Waals surface area (Å²) in [6.07, 6.45) is 4.81. The molecule has 0 saturated heterocycles. The van der Waals surface area contributed by atoms with Gasteiger partial charge in [0.15, 0.2) is 11.3 Å². The van der Waals surface area contributed by atoms with Crippen LogP contribution in [0.25, 0.3) is 21.9 Å². The zero-order valence-electron chi connectivity index (χ0n) is 18.8. The highest BCUT2D eigenvalue weighted by molar-refractivity contribution is 5.98. The average molecular weight is 424 g/mol. The van der Waals surface area contributed by atoms with Gasteiger partial charge in [-0.25, -0.2) is 0 Å². The number of benzene rings is 2. The van der Waals surface area contributed by atoms with Crippen LogP contribution in [0.5, 0.6) is 23.0 Å². The number of phenols is 2. The summed E-state index contributed by atoms with van der Waals surface area (Å²) in [5.74, 6) is 0.229. The van der Waals surface area contributed by atoms with E-state index in [1.165, 1.54) is 14.2 Å². The van der Waals surface area contributed by atoms with Gasteiger partial charge in [0.05, 0.1) is 19.6 Å². The molecule has 0 saturated carbocycles. The molecule has 0 radical (unpaired) electrons. The fourth-order valence-corrected chi connectivity index (χ4v) is 3.55. The smallest absolute Gasteiger partial charge is 0.204 e. The molecule has 0 atom stereocenters. The zero-order chi connectivity index (χ0) is 22.9. The average Bonchev–Trinajstić information content (AvgIpc) is 2.71. The summed E-state index contributed by atoms with van der Waals surface area (Å²) in [4.78, 5) is 13.4. The van der Waals surface area contributed by atoms with Crippen molar-refractivity contribution in [1.82, 2.24) is 0 Å². The van der Waals surface area contributed by atoms with Crippen LogP contribution in [-0.2, 0) is 12.8 Å². The second-order valence-corrected chi connectivity index (χ2v) is 7.98. The molecule has 0 fully saturated rings. The first-order valence-electron chi connectivity index (χ1n) is 10.0. The normalized spacial score (nSPS) is 10.9. The summed E-state index contributed by atoms with van der Waals surface area (Å²) in [6, 6.07) is 3.21. The van der Waals surface area contributed by atoms with E-state index in [4.69, 9.17) is 13.9 Å². The molecule has 1 heterocycles. The molecule has 0 unspecified atom stereocenters. The number of methoxy groups -OCH3 is 2. The molecule has 0 spiro atoms. The highest BCUT2D eigenvalue weighted by Crippen LogP contribution is 2.41. The van der Waals surface area contributed by atoms with Crippen LogP contribution in [0, 0.1) is 0 Å². The number of aromatic hydroxyl groups is 2. The summed E-state index contributed by atoms with van der Waals surface area (Å²) in [7, 11) is 2.94. The minimum absolute atomic E-state index is 0.00815. The fraction of sp³-hybridized carbons (Fsp3) is 0.320. The van der Waals surface area contributed by atoms with E-state index in [1.54, 1.807) is 12.1 Å². The molecule has 0 aliphatic carbocycles. The molecule has 0 bridgehead atoms. The Bertz CT molecular complexity index is 1270. The molecule has 6 heteroatoms. The van der Waals surface area contributed by atoms with Crippen molar-refractivity contribution in [3.05, 3.63) is 56.8 Å². The maximum atomic E-state index is 13.4. The Balaban J connectivity index is 2.40. The van der Waals surface area contributed by atoms with E-state index in [2.05, 4.69) is 0 Å². The van der Waals surface area contributed by atoms with Crippen molar-refractivity contribution in [2.45, 2.75) is 40.5 Å². The van der Waals surface area contributed by atoms with E-state index in [0.717, 1.165) is 11.1 Å². The summed E-state index contributed by atoms with van der Waals surface area (Å²) < 4.78 is 16.7. The molecule has 0 aliphatic rings. The standard InChI is InChI=1S/C25H28O6/c1-13(2)7-9-15-11-17-22(27)20-19(31-25(17)23(28)24(15)30-6)12-18(29-5)16(21(20)26)10-8-14(3)4/h7-8,11-12,26,28H,9-10H2,1-6H3. The predicted molar refractivity (Wildman–Crippen MR) is 123 cm³/mol. The van der Waals surface area contributed by atoms with Gasteiger partial charge in [-0.1, -0.05) is 23.3 Å². The molecule has 31 heavy (non-hydrogen) atoms. The van der Waals surface area contributed by atoms with Crippen molar-refractivity contribution in [3.8, 4) is 23.0 Å². The van der Waals surface area contributed by atoms with Gasteiger partial charge in [0.2, 0.25) is 11.2 Å². The third kappa shape index (κ3) is 4.10. The number of hydrogen-bond donors (Lipinski definition) is 2. The molecule has 2 aromatic carbocycles. The number of ether oxygens (including phenoxy) is 2. The van der Waals surface area contributed by atoms with Crippen LogP contribution in [0.3, 0.4) is 0 Å². The van der Waals surface area contributed by atoms with Gasteiger partial charge in [0, 0.05) is 17.2 Å². The van der Waals surface area contributed by atoms with E-state index in [9.17, 15) is 15.0 Å². The van der Waals surface area contributed by atoms with Gasteiger partial charge >= 0.3 is 0 Å². The summed E-state index contributed by atoms with van der Waals surface area (Å²) in [5, 5.41) is 22.0. The molecule has 3 aromatic rings. The lowest BCUT2D eigenvalue weighted by atomic mass is 10.0. The Morgan fingerprint density at radius 3 is 2.19 bits per heavy atom. The molecular weight excluding hydrogens is 396 g/mol. The first kappa shape index (κ1) is 22.3. The number of fused-ring (bicyclic) bond motifs is 2. The molecule has 1 aromatic heterocycles. The third-order valence-corrected chi connectivity index (χ3v) is 5.17. The van der Waals surface area contributed by atoms with Gasteiger partial charge in [0.25, 0.3) is 0 Å². The van der Waals surface area contributed by atoms with Crippen LogP contribution in [0.15, 0.2) is 44.6 Å². The van der Waals surface area contributed by atoms with E-state index >= 15 is 0 Å². The second-order valence-electron chi connectivity index (χ2n) is 7.98. The molecular formula is C25H28O6. The van der Waals surface area contributed by atoms with Gasteiger partial charge in [-0.3, -0.25) is 4.79 Å². The van der Waals surface area contributed by atoms with Crippen molar-refractivity contribution in [1.29, 1.82) is 0 Å². The first-order valence-corrected chi connectivity index (χ1v) is 10.0. The molecule has 0 aliphatic heterocycles. The molecule has 3 rings (SSSR count). The van der Waals surface area contributed by atoms with Gasteiger partial charge < -0.3 is 24.1 Å². The van der Waals surface area contributed by atoms with E-state index < -0.39 is 5.43 Å². The van der Waals surface area contributed by atoms with Crippen molar-refractivity contribution in [2.24, 2.45) is 0 Å². The Labute approximate surface area is 181 Å². The largest absolute Gasteiger partial charge is 0.507 e. The van der Waals surface area contributed by atoms with E-state index in [1.807, 2.05) is 39.8 Å². The first-order chi connectivity index (χ1) is 14.7. The van der Waals surface area contributed by atoms with Crippen LogP contribution in [0.4, 0.5) is 0 Å². The number of hydrogen-bond acceptors (Lipinski definition) is 6. The van der Waals surface area contributed by atoms with Crippen LogP contribution >= 0.6 is 0 Å². The monoisotopic (exact) mass is 424 g/mol. The maximum absolute atomic E-state index is 13.4. The topological polar surface area (TPSA) is 89.1 Å². The van der Waals surface area contributed by atoms with Crippen molar-refractivity contribution in [3.63, 3.8) is 0 Å². The Morgan fingerprint density at radius 2 is 1.61 bits per heavy atom. The van der Waals surface area contributed by atoms with Gasteiger partial charge in [0.1, 0.15) is 22.5 Å². The van der Waals surface area contributed by atoms with E-state index in [0.29, 0.717) is 29.7 Å². The van der Waals surface area contributed by atoms with Crippen LogP contribution in [0.1, 0.15) is 38.8 Å². The Kier molecular flexibility index (Phi) is 6.29. The molecule has 164 valence electrons. The van der Waals surface area contributed by atoms with Gasteiger partial charge in [-0.2, -0.15) is 0 Å². The second kappa shape index (κ2) is 8.76. The summed E-state index contributed by atoms with van der Waals surface area (Å²) in [5.41, 5.74) is 3.04. The summed E-state index contributed by atoms with van der Waals surface area (Å²) >= 11 is 0. The number of phenolic OH excluding ortho intramolecular Hbond substituents is 2. The molecule has 2 N–H and O–H groups in total. The predicted octanol–water partition coefficient (Wildman–Crippen LogP) is 5.39. The quantitative estimate of drug-likeness (QED) is 0.407. The maximum Gasteiger partial charge on any atom is 0.204 e. The van der Waals surface area contributed by atoms with Crippen molar-refractivity contribution < 1.29 is 24.1 Å². The molecule has 6 nitrogen and oxygen atoms in total. The minimum atomic E-state index is -0.425. The highest BCUT2D eigenvalue weighted by Gasteiger charge is 2.23. The van der Waals surface area contributed by atoms with Crippen LogP contribution in [0.2, 0.25) is 0 Å². The zero-order valence-corrected chi connectivity index (χ0v) is 18.8. The summed E-state index contributed by atoms with van der Waals surface area (Å²) in [6.45, 7) is 7.84. The lowest BCUT2D eigenvalue weighted by Gasteiger charge is -2.14. The van der Waals surface area contributed by atoms with Crippen molar-refractivity contribution in [2.75, 3.05) is 14.2 Å². The minimum Gasteiger partial charge on any atom is -0.507 e. The fourth-order valence-electron chi connectivity index (χ4n) is 3.55. The van der Waals surface area contributed by atoms with Gasteiger partial charge in [-0.05, 0) is 46.6 Å². The lowest BCUT2D eigenvalue weighted by Crippen LogP contribution is -2.06. The Morgan fingerprint density at radius 1 is 0.968 bits per heavy atom. The highest BCUT2D eigenvalue weighted by atomic mass is 16.5. The van der Waals surface area contributed by atoms with Crippen molar-refractivity contribution >= 4 is 21.9 Å². The SMILES string of the molecule is COc1cc2oc3c(O)c(OC)c(CC=C(C)C)cc3c(=O)c2c(O)c1CC=C(C)C. The number of rotatable bonds is 6.